The lowest BCUT2D eigenvalue weighted by atomic mass is 10.2. The van der Waals surface area contributed by atoms with Gasteiger partial charge >= 0.3 is 0 Å². The number of aromatic nitrogens is 5. The average molecular weight is 497 g/mol. The molecule has 0 aliphatic heterocycles. The first-order valence-corrected chi connectivity index (χ1v) is 10.1. The molecule has 1 amide bonds. The number of halogens is 1. The number of hydrogen-bond acceptors (Lipinski definition) is 9. The number of anilines is 1. The first-order chi connectivity index (χ1) is 15.5. The summed E-state index contributed by atoms with van der Waals surface area (Å²) in [6, 6.07) is 15.2. The molecule has 4 rings (SSSR count). The van der Waals surface area contributed by atoms with Crippen molar-refractivity contribution in [1.29, 1.82) is 0 Å². The second kappa shape index (κ2) is 9.39. The lowest BCUT2D eigenvalue weighted by molar-refractivity contribution is 0.0946. The minimum absolute atomic E-state index is 0.0238. The zero-order valence-electron chi connectivity index (χ0n) is 16.8. The third-order valence-corrected chi connectivity index (χ3v) is 4.87. The van der Waals surface area contributed by atoms with Crippen LogP contribution in [0.25, 0.3) is 5.82 Å². The molecule has 0 radical (unpaired) electrons. The number of hydrazone groups is 1. The Kier molecular flexibility index (Phi) is 6.22. The number of nitrogens with two attached hydrogens (primary N) is 1. The molecule has 162 valence electrons. The molecule has 0 fully saturated rings. The molecule has 11 nitrogen and oxygen atoms in total. The molecule has 12 heteroatoms. The number of carbonyl (C=O) groups is 1. The number of para-hydroxylation sites is 1. The van der Waals surface area contributed by atoms with Gasteiger partial charge in [0.1, 0.15) is 12.4 Å². The highest BCUT2D eigenvalue weighted by atomic mass is 79.9. The molecule has 32 heavy (non-hydrogen) atoms. The van der Waals surface area contributed by atoms with Crippen LogP contribution in [0.1, 0.15) is 27.3 Å². The maximum absolute atomic E-state index is 12.7. The van der Waals surface area contributed by atoms with Gasteiger partial charge in [0.25, 0.3) is 5.91 Å². The van der Waals surface area contributed by atoms with Gasteiger partial charge in [0.05, 0.1) is 11.9 Å². The zero-order valence-corrected chi connectivity index (χ0v) is 18.4. The van der Waals surface area contributed by atoms with Crippen LogP contribution in [0, 0.1) is 6.92 Å². The smallest absolute Gasteiger partial charge is 0.292 e. The second-order valence-electron chi connectivity index (χ2n) is 6.56. The fourth-order valence-corrected chi connectivity index (χ4v) is 3.04. The lowest BCUT2D eigenvalue weighted by Crippen LogP contribution is -2.22. The number of hydrogen-bond donors (Lipinski definition) is 2. The number of aryl methyl sites for hydroxylation is 1. The van der Waals surface area contributed by atoms with E-state index in [1.807, 2.05) is 48.5 Å². The van der Waals surface area contributed by atoms with Crippen LogP contribution in [0.5, 0.6) is 5.75 Å². The zero-order chi connectivity index (χ0) is 22.5. The Balaban J connectivity index is 1.46. The molecule has 4 aromatic rings. The van der Waals surface area contributed by atoms with E-state index >= 15 is 0 Å². The van der Waals surface area contributed by atoms with Crippen LogP contribution in [0.3, 0.4) is 0 Å². The Morgan fingerprint density at radius 2 is 2.03 bits per heavy atom. The predicted octanol–water partition coefficient (Wildman–Crippen LogP) is 2.65. The van der Waals surface area contributed by atoms with Crippen molar-refractivity contribution < 1.29 is 14.2 Å². The van der Waals surface area contributed by atoms with Crippen molar-refractivity contribution in [3.05, 3.63) is 75.5 Å². The first kappa shape index (κ1) is 21.2. The Bertz CT molecular complexity index is 1270. The first-order valence-electron chi connectivity index (χ1n) is 9.33. The molecule has 3 N–H and O–H groups in total. The molecule has 0 spiro atoms. The van der Waals surface area contributed by atoms with Gasteiger partial charge in [-0.1, -0.05) is 45.4 Å². The summed E-state index contributed by atoms with van der Waals surface area (Å²) in [5.41, 5.74) is 10.3. The van der Waals surface area contributed by atoms with Gasteiger partial charge in [-0.15, -0.1) is 5.10 Å². The van der Waals surface area contributed by atoms with Crippen molar-refractivity contribution in [2.24, 2.45) is 5.10 Å². The Labute approximate surface area is 190 Å². The topological polar surface area (TPSA) is 146 Å². The van der Waals surface area contributed by atoms with Crippen LogP contribution < -0.4 is 15.9 Å². The fraction of sp³-hybridized carbons (Fsp3) is 0.100. The van der Waals surface area contributed by atoms with Gasteiger partial charge in [-0.25, -0.2) is 10.1 Å². The number of ether oxygens (including phenoxy) is 1. The van der Waals surface area contributed by atoms with Crippen LogP contribution in [0.15, 0.2) is 62.7 Å². The van der Waals surface area contributed by atoms with E-state index in [4.69, 9.17) is 10.5 Å². The van der Waals surface area contributed by atoms with E-state index in [1.54, 1.807) is 6.92 Å². The Hall–Kier alpha value is -4.06. The predicted molar refractivity (Wildman–Crippen MR) is 118 cm³/mol. The molecule has 2 heterocycles. The number of carbonyl (C=O) groups excluding carboxylic acids is 1. The van der Waals surface area contributed by atoms with Crippen LogP contribution >= 0.6 is 15.9 Å². The van der Waals surface area contributed by atoms with E-state index in [9.17, 15) is 4.79 Å². The monoisotopic (exact) mass is 496 g/mol. The number of nitrogen functional groups attached to an aromatic ring is 1. The van der Waals surface area contributed by atoms with Gasteiger partial charge < -0.3 is 10.5 Å². The highest BCUT2D eigenvalue weighted by molar-refractivity contribution is 9.10. The maximum atomic E-state index is 12.7. The van der Waals surface area contributed by atoms with Crippen LogP contribution in [0.2, 0.25) is 0 Å². The van der Waals surface area contributed by atoms with Crippen molar-refractivity contribution in [1.82, 2.24) is 30.7 Å². The van der Waals surface area contributed by atoms with E-state index in [0.717, 1.165) is 14.7 Å². The van der Waals surface area contributed by atoms with Crippen molar-refractivity contribution in [3.63, 3.8) is 0 Å². The van der Waals surface area contributed by atoms with Gasteiger partial charge in [-0.2, -0.15) is 9.78 Å². The summed E-state index contributed by atoms with van der Waals surface area (Å²) in [4.78, 5) is 12.7. The number of nitrogens with one attached hydrogen (secondary N) is 1. The van der Waals surface area contributed by atoms with Gasteiger partial charge in [0, 0.05) is 10.0 Å². The summed E-state index contributed by atoms with van der Waals surface area (Å²) in [7, 11) is 0. The van der Waals surface area contributed by atoms with Gasteiger partial charge in [0.2, 0.25) is 11.6 Å². The van der Waals surface area contributed by atoms with E-state index < -0.39 is 5.91 Å². The van der Waals surface area contributed by atoms with Gasteiger partial charge in [-0.05, 0) is 47.1 Å². The number of nitrogens with zero attached hydrogens (tertiary/aromatic N) is 6. The van der Waals surface area contributed by atoms with Crippen molar-refractivity contribution >= 4 is 33.9 Å². The lowest BCUT2D eigenvalue weighted by Gasteiger charge is -2.09. The minimum Gasteiger partial charge on any atom is -0.488 e. The molecule has 0 atom stereocenters. The Morgan fingerprint density at radius 1 is 1.25 bits per heavy atom. The molecule has 0 unspecified atom stereocenters. The van der Waals surface area contributed by atoms with E-state index in [1.165, 1.54) is 6.21 Å². The molecular formula is C20H17BrN8O3. The summed E-state index contributed by atoms with van der Waals surface area (Å²) >= 11 is 3.41. The fourth-order valence-electron chi connectivity index (χ4n) is 2.78. The minimum atomic E-state index is -0.556. The number of rotatable bonds is 7. The van der Waals surface area contributed by atoms with Crippen LogP contribution in [0.4, 0.5) is 5.82 Å². The standard InChI is InChI=1S/C20H17BrN8O3/c1-12-17(29(28-24-12)19-18(22)26-32-27-19)20(30)25-23-10-14-4-2-3-5-16(14)31-11-13-6-8-15(21)9-7-13/h2-10H,11H2,1H3,(H2,22,26)(H,25,30)/b23-10+. The van der Waals surface area contributed by atoms with E-state index in [-0.39, 0.29) is 17.3 Å². The summed E-state index contributed by atoms with van der Waals surface area (Å²) in [5.74, 6) is 0.105. The van der Waals surface area contributed by atoms with Crippen molar-refractivity contribution in [2.45, 2.75) is 13.5 Å². The molecule has 0 aliphatic carbocycles. The third kappa shape index (κ3) is 4.64. The molecular weight excluding hydrogens is 480 g/mol. The molecule has 0 saturated heterocycles. The van der Waals surface area contributed by atoms with Crippen molar-refractivity contribution in [3.8, 4) is 11.6 Å². The van der Waals surface area contributed by atoms with Crippen LogP contribution in [-0.4, -0.2) is 37.4 Å². The van der Waals surface area contributed by atoms with Gasteiger partial charge in [-0.3, -0.25) is 4.79 Å². The quantitative estimate of drug-likeness (QED) is 0.293. The number of amides is 1. The maximum Gasteiger partial charge on any atom is 0.292 e. The van der Waals surface area contributed by atoms with Crippen LogP contribution in [-0.2, 0) is 6.61 Å². The summed E-state index contributed by atoms with van der Waals surface area (Å²) < 4.78 is 12.6. The van der Waals surface area contributed by atoms with Gasteiger partial charge in [0.15, 0.2) is 5.69 Å². The summed E-state index contributed by atoms with van der Waals surface area (Å²) in [6.45, 7) is 2.01. The normalized spacial score (nSPS) is 11.1. The molecule has 2 aromatic carbocycles. The average Bonchev–Trinajstić information content (AvgIpc) is 3.39. The van der Waals surface area contributed by atoms with E-state index in [0.29, 0.717) is 23.6 Å². The largest absolute Gasteiger partial charge is 0.488 e. The molecule has 0 saturated carbocycles. The van der Waals surface area contributed by atoms with Crippen molar-refractivity contribution in [2.75, 3.05) is 5.73 Å². The number of benzene rings is 2. The molecule has 2 aromatic heterocycles. The second-order valence-corrected chi connectivity index (χ2v) is 7.48. The highest BCUT2D eigenvalue weighted by Crippen LogP contribution is 2.19. The molecule has 0 aliphatic rings. The SMILES string of the molecule is Cc1nnn(-c2nonc2N)c1C(=O)N/N=C/c1ccccc1OCc1ccc(Br)cc1. The summed E-state index contributed by atoms with van der Waals surface area (Å²) in [5, 5.41) is 18.9. The van der Waals surface area contributed by atoms with E-state index in [2.05, 4.69) is 51.7 Å². The Morgan fingerprint density at radius 3 is 2.78 bits per heavy atom. The third-order valence-electron chi connectivity index (χ3n) is 4.35. The summed E-state index contributed by atoms with van der Waals surface area (Å²) in [6.07, 6.45) is 1.49. The molecule has 0 bridgehead atoms. The highest BCUT2D eigenvalue weighted by Gasteiger charge is 2.22.